The van der Waals surface area contributed by atoms with Gasteiger partial charge in [0, 0.05) is 0 Å². The molecule has 0 spiro atoms. The van der Waals surface area contributed by atoms with Crippen LogP contribution < -0.4 is 0 Å². The van der Waals surface area contributed by atoms with Crippen LogP contribution in [0, 0.1) is 5.41 Å². The van der Waals surface area contributed by atoms with Gasteiger partial charge in [-0.2, -0.15) is 18.3 Å². The van der Waals surface area contributed by atoms with Crippen molar-refractivity contribution < 1.29 is 32.2 Å². The molecule has 6 nitrogen and oxygen atoms in total. The molecule has 0 unspecified atom stereocenters. The summed E-state index contributed by atoms with van der Waals surface area (Å²) in [6, 6.07) is -0.544. The van der Waals surface area contributed by atoms with E-state index in [4.69, 9.17) is 9.47 Å². The number of unbranched alkanes of at least 4 members (excludes halogenated alkanes) is 1. The van der Waals surface area contributed by atoms with Gasteiger partial charge in [0.15, 0.2) is 5.69 Å². The molecule has 0 amide bonds. The molecule has 1 fully saturated rings. The molecule has 0 atom stereocenters. The lowest BCUT2D eigenvalue weighted by Gasteiger charge is -2.37. The lowest BCUT2D eigenvalue weighted by atomic mass is 9.70. The van der Waals surface area contributed by atoms with E-state index in [9.17, 15) is 22.8 Å². The Morgan fingerprint density at radius 1 is 1.21 bits per heavy atom. The second-order valence-corrected chi connectivity index (χ2v) is 7.42. The largest absolute Gasteiger partial charge is 0.466 e. The summed E-state index contributed by atoms with van der Waals surface area (Å²) >= 11 is 0. The van der Waals surface area contributed by atoms with Crippen molar-refractivity contribution in [1.29, 1.82) is 0 Å². The first-order chi connectivity index (χ1) is 13.7. The Morgan fingerprint density at radius 3 is 2.38 bits per heavy atom. The number of esters is 2. The minimum atomic E-state index is -4.74. The van der Waals surface area contributed by atoms with Crippen LogP contribution in [-0.2, 0) is 20.4 Å². The monoisotopic (exact) mass is 418 g/mol. The third kappa shape index (κ3) is 5.11. The van der Waals surface area contributed by atoms with E-state index in [0.717, 1.165) is 17.3 Å². The molecule has 0 aliphatic heterocycles. The number of carbonyl (C=O) groups excluding carboxylic acids is 2. The van der Waals surface area contributed by atoms with Crippen molar-refractivity contribution in [3.05, 3.63) is 17.5 Å². The molecular weight excluding hydrogens is 389 g/mol. The first-order valence-electron chi connectivity index (χ1n) is 10.2. The molecule has 1 heterocycles. The van der Waals surface area contributed by atoms with Crippen molar-refractivity contribution in [3.63, 3.8) is 0 Å². The minimum absolute atomic E-state index is 0.0692. The predicted octanol–water partition coefficient (Wildman–Crippen LogP) is 4.93. The number of aromatic nitrogens is 2. The summed E-state index contributed by atoms with van der Waals surface area (Å²) in [5.74, 6) is -1.31. The summed E-state index contributed by atoms with van der Waals surface area (Å²) in [4.78, 5) is 24.5. The van der Waals surface area contributed by atoms with Gasteiger partial charge in [-0.1, -0.05) is 20.3 Å². The van der Waals surface area contributed by atoms with Crippen LogP contribution in [0.25, 0.3) is 0 Å². The van der Waals surface area contributed by atoms with Gasteiger partial charge in [0.2, 0.25) is 0 Å². The van der Waals surface area contributed by atoms with Crippen LogP contribution in [-0.4, -0.2) is 34.9 Å². The second-order valence-electron chi connectivity index (χ2n) is 7.42. The Kier molecular flexibility index (Phi) is 7.71. The second kappa shape index (κ2) is 9.63. The highest BCUT2D eigenvalue weighted by molar-refractivity contribution is 5.90. The Labute approximate surface area is 168 Å². The van der Waals surface area contributed by atoms with Crippen LogP contribution in [0.1, 0.15) is 87.8 Å². The molecule has 2 rings (SSSR count). The van der Waals surface area contributed by atoms with Gasteiger partial charge in [0.05, 0.1) is 30.9 Å². The van der Waals surface area contributed by atoms with E-state index in [2.05, 4.69) is 5.10 Å². The average molecular weight is 418 g/mol. The fourth-order valence-electron chi connectivity index (χ4n) is 3.84. The lowest BCUT2D eigenvalue weighted by molar-refractivity contribution is -0.159. The topological polar surface area (TPSA) is 70.4 Å². The normalized spacial score (nSPS) is 22.3. The standard InChI is InChI=1S/C20H29F3N2O4/c1-4-7-12-29-17(26)15-13-24-25(16(15)20(21,22)23)14-8-10-19(5-2,11-9-14)18(27)28-6-3/h13-14H,4-12H2,1-3H3/t14-,19-. The summed E-state index contributed by atoms with van der Waals surface area (Å²) < 4.78 is 52.3. The number of carbonyl (C=O) groups is 2. The van der Waals surface area contributed by atoms with Crippen LogP contribution in [0.15, 0.2) is 6.20 Å². The van der Waals surface area contributed by atoms with E-state index >= 15 is 0 Å². The molecule has 0 radical (unpaired) electrons. The Bertz CT molecular complexity index is 707. The molecular formula is C20H29F3N2O4. The van der Waals surface area contributed by atoms with Crippen molar-refractivity contribution in [2.24, 2.45) is 5.41 Å². The van der Waals surface area contributed by atoms with Crippen LogP contribution in [0.3, 0.4) is 0 Å². The van der Waals surface area contributed by atoms with E-state index in [1.54, 1.807) is 6.92 Å². The lowest BCUT2D eigenvalue weighted by Crippen LogP contribution is -2.37. The molecule has 164 valence electrons. The number of hydrogen-bond donors (Lipinski definition) is 0. The van der Waals surface area contributed by atoms with Gasteiger partial charge in [-0.25, -0.2) is 4.79 Å². The summed E-state index contributed by atoms with van der Waals surface area (Å²) in [5.41, 5.74) is -2.31. The predicted molar refractivity (Wildman–Crippen MR) is 99.3 cm³/mol. The van der Waals surface area contributed by atoms with E-state index in [1.807, 2.05) is 13.8 Å². The maximum Gasteiger partial charge on any atom is 0.433 e. The van der Waals surface area contributed by atoms with Crippen LogP contribution in [0.5, 0.6) is 0 Å². The number of hydrogen-bond acceptors (Lipinski definition) is 5. The van der Waals surface area contributed by atoms with Gasteiger partial charge in [0.25, 0.3) is 0 Å². The fraction of sp³-hybridized carbons (Fsp3) is 0.750. The smallest absolute Gasteiger partial charge is 0.433 e. The van der Waals surface area contributed by atoms with E-state index < -0.39 is 34.9 Å². The van der Waals surface area contributed by atoms with E-state index in [0.29, 0.717) is 38.5 Å². The molecule has 0 aromatic carbocycles. The van der Waals surface area contributed by atoms with Crippen LogP contribution >= 0.6 is 0 Å². The molecule has 1 aromatic heterocycles. The summed E-state index contributed by atoms with van der Waals surface area (Å²) in [7, 11) is 0. The summed E-state index contributed by atoms with van der Waals surface area (Å²) in [5, 5.41) is 3.89. The molecule has 0 N–H and O–H groups in total. The highest BCUT2D eigenvalue weighted by atomic mass is 19.4. The van der Waals surface area contributed by atoms with Gasteiger partial charge < -0.3 is 9.47 Å². The van der Waals surface area contributed by atoms with Gasteiger partial charge >= 0.3 is 18.1 Å². The van der Waals surface area contributed by atoms with Crippen molar-refractivity contribution in [2.45, 2.75) is 77.9 Å². The van der Waals surface area contributed by atoms with Crippen molar-refractivity contribution in [1.82, 2.24) is 9.78 Å². The zero-order valence-electron chi connectivity index (χ0n) is 17.2. The molecule has 9 heteroatoms. The van der Waals surface area contributed by atoms with Crippen molar-refractivity contribution in [2.75, 3.05) is 13.2 Å². The van der Waals surface area contributed by atoms with Gasteiger partial charge in [0.1, 0.15) is 5.56 Å². The molecule has 1 saturated carbocycles. The maximum absolute atomic E-state index is 13.7. The van der Waals surface area contributed by atoms with Crippen LogP contribution in [0.2, 0.25) is 0 Å². The number of rotatable bonds is 8. The first kappa shape index (κ1) is 23.2. The molecule has 1 aromatic rings. The van der Waals surface area contributed by atoms with E-state index in [-0.39, 0.29) is 19.2 Å². The quantitative estimate of drug-likeness (QED) is 0.442. The Hall–Kier alpha value is -2.06. The number of nitrogens with zero attached hydrogens (tertiary/aromatic N) is 2. The third-order valence-electron chi connectivity index (χ3n) is 5.66. The zero-order valence-corrected chi connectivity index (χ0v) is 17.2. The molecule has 1 aliphatic carbocycles. The van der Waals surface area contributed by atoms with Crippen molar-refractivity contribution in [3.8, 4) is 0 Å². The van der Waals surface area contributed by atoms with Crippen molar-refractivity contribution >= 4 is 11.9 Å². The Balaban J connectivity index is 2.23. The van der Waals surface area contributed by atoms with Gasteiger partial charge in [-0.15, -0.1) is 0 Å². The van der Waals surface area contributed by atoms with Gasteiger partial charge in [-0.05, 0) is 45.4 Å². The highest BCUT2D eigenvalue weighted by Gasteiger charge is 2.46. The summed E-state index contributed by atoms with van der Waals surface area (Å²) in [6.07, 6.45) is -0.361. The molecule has 0 saturated heterocycles. The zero-order chi connectivity index (χ0) is 21.7. The number of ether oxygens (including phenoxy) is 2. The Morgan fingerprint density at radius 2 is 1.86 bits per heavy atom. The van der Waals surface area contributed by atoms with E-state index in [1.165, 1.54) is 0 Å². The number of halogens is 3. The first-order valence-corrected chi connectivity index (χ1v) is 10.2. The van der Waals surface area contributed by atoms with Crippen LogP contribution in [0.4, 0.5) is 13.2 Å². The average Bonchev–Trinajstić information content (AvgIpc) is 3.14. The molecule has 0 bridgehead atoms. The molecule has 29 heavy (non-hydrogen) atoms. The summed E-state index contributed by atoms with van der Waals surface area (Å²) in [6.45, 7) is 5.84. The highest BCUT2D eigenvalue weighted by Crippen LogP contribution is 2.45. The molecule has 1 aliphatic rings. The maximum atomic E-state index is 13.7. The fourth-order valence-corrected chi connectivity index (χ4v) is 3.84. The minimum Gasteiger partial charge on any atom is -0.466 e. The SMILES string of the molecule is CCCCOC(=O)c1cnn([C@H]2CC[C@](CC)(C(=O)OCC)CC2)c1C(F)(F)F. The number of alkyl halides is 3. The third-order valence-corrected chi connectivity index (χ3v) is 5.66. The van der Waals surface area contributed by atoms with Gasteiger partial charge in [-0.3, -0.25) is 9.48 Å².